The van der Waals surface area contributed by atoms with Gasteiger partial charge in [-0.05, 0) is 60.7 Å². The van der Waals surface area contributed by atoms with Crippen LogP contribution in [0, 0.1) is 13.8 Å². The van der Waals surface area contributed by atoms with Crippen LogP contribution in [0.4, 0.5) is 0 Å². The van der Waals surface area contributed by atoms with E-state index in [0.29, 0.717) is 0 Å². The van der Waals surface area contributed by atoms with E-state index < -0.39 is 0 Å². The molecule has 0 radical (unpaired) electrons. The summed E-state index contributed by atoms with van der Waals surface area (Å²) in [6, 6.07) is 31.5. The molecule has 4 heteroatoms. The monoisotopic (exact) mass is 462 g/mol. The van der Waals surface area contributed by atoms with Gasteiger partial charge in [-0.1, -0.05) is 60.7 Å². The van der Waals surface area contributed by atoms with Crippen molar-refractivity contribution in [2.45, 2.75) is 13.8 Å². The number of pyridine rings is 4. The number of fused-ring (bicyclic) bond motifs is 6. The molecule has 4 nitrogen and oxygen atoms in total. The van der Waals surface area contributed by atoms with Crippen LogP contribution in [0.25, 0.3) is 66.0 Å². The fourth-order valence-electron chi connectivity index (χ4n) is 5.16. The third-order valence-corrected chi connectivity index (χ3v) is 6.83. The lowest BCUT2D eigenvalue weighted by molar-refractivity contribution is 1.23. The molecule has 4 heterocycles. The van der Waals surface area contributed by atoms with Gasteiger partial charge in [0.1, 0.15) is 0 Å². The van der Waals surface area contributed by atoms with Gasteiger partial charge in [-0.3, -0.25) is 15.0 Å². The number of benzene rings is 3. The van der Waals surface area contributed by atoms with Crippen LogP contribution in [0.15, 0.2) is 97.2 Å². The van der Waals surface area contributed by atoms with Crippen LogP contribution < -0.4 is 0 Å². The van der Waals surface area contributed by atoms with Gasteiger partial charge >= 0.3 is 0 Å². The molecule has 0 unspecified atom stereocenters. The summed E-state index contributed by atoms with van der Waals surface area (Å²) in [5.74, 6) is 0. The highest BCUT2D eigenvalue weighted by atomic mass is 14.8. The van der Waals surface area contributed by atoms with E-state index in [9.17, 15) is 0 Å². The van der Waals surface area contributed by atoms with Crippen molar-refractivity contribution in [1.82, 2.24) is 19.9 Å². The molecule has 0 saturated heterocycles. The lowest BCUT2D eigenvalue weighted by Crippen LogP contribution is -1.95. The molecular weight excluding hydrogens is 440 g/mol. The van der Waals surface area contributed by atoms with Crippen molar-refractivity contribution in [2.75, 3.05) is 0 Å². The van der Waals surface area contributed by atoms with Gasteiger partial charge in [0.05, 0.1) is 27.9 Å². The first-order chi connectivity index (χ1) is 17.7. The Morgan fingerprint density at radius 3 is 2.19 bits per heavy atom. The molecule has 4 aromatic heterocycles. The van der Waals surface area contributed by atoms with Crippen LogP contribution in [0.1, 0.15) is 11.4 Å². The lowest BCUT2D eigenvalue weighted by atomic mass is 9.97. The third-order valence-electron chi connectivity index (χ3n) is 6.83. The van der Waals surface area contributed by atoms with Crippen molar-refractivity contribution >= 4 is 43.5 Å². The first-order valence-electron chi connectivity index (χ1n) is 12.1. The van der Waals surface area contributed by atoms with Gasteiger partial charge in [0, 0.05) is 39.1 Å². The first-order valence-corrected chi connectivity index (χ1v) is 12.1. The van der Waals surface area contributed by atoms with Crippen molar-refractivity contribution in [3.8, 4) is 22.5 Å². The third kappa shape index (κ3) is 3.23. The molecular formula is C32H22N4. The van der Waals surface area contributed by atoms with E-state index in [1.165, 1.54) is 5.39 Å². The Kier molecular flexibility index (Phi) is 4.55. The van der Waals surface area contributed by atoms with Crippen LogP contribution in [-0.2, 0) is 0 Å². The molecule has 7 rings (SSSR count). The highest BCUT2D eigenvalue weighted by Crippen LogP contribution is 2.36. The van der Waals surface area contributed by atoms with Crippen molar-refractivity contribution < 1.29 is 0 Å². The predicted molar refractivity (Wildman–Crippen MR) is 148 cm³/mol. The minimum atomic E-state index is 0.854. The van der Waals surface area contributed by atoms with Crippen LogP contribution in [-0.4, -0.2) is 19.9 Å². The number of aryl methyl sites for hydroxylation is 2. The second-order valence-electron chi connectivity index (χ2n) is 9.25. The van der Waals surface area contributed by atoms with Gasteiger partial charge in [-0.15, -0.1) is 0 Å². The standard InChI is InChI=1S/C32H22N4/c1-19-11-12-21-13-14-26-27(17-20(2)35-32(26)30(21)34-19)22-15-16-33-29(18-22)31-25-9-4-3-7-23(25)24-8-5-6-10-28(24)36-31/h3-18H,1-2H3. The molecule has 0 aliphatic carbocycles. The van der Waals surface area contributed by atoms with Gasteiger partial charge in [0.2, 0.25) is 0 Å². The van der Waals surface area contributed by atoms with E-state index in [4.69, 9.17) is 19.9 Å². The van der Waals surface area contributed by atoms with E-state index in [2.05, 4.69) is 78.9 Å². The Morgan fingerprint density at radius 1 is 0.556 bits per heavy atom. The van der Waals surface area contributed by atoms with Crippen molar-refractivity contribution in [3.05, 3.63) is 109 Å². The Labute approximate surface area is 208 Å². The topological polar surface area (TPSA) is 51.6 Å². The van der Waals surface area contributed by atoms with Crippen molar-refractivity contribution in [1.29, 1.82) is 0 Å². The molecule has 0 aliphatic heterocycles. The molecule has 0 fully saturated rings. The maximum Gasteiger partial charge on any atom is 0.0974 e. The quantitative estimate of drug-likeness (QED) is 0.246. The van der Waals surface area contributed by atoms with Gasteiger partial charge in [0.15, 0.2) is 0 Å². The Balaban J connectivity index is 1.49. The van der Waals surface area contributed by atoms with E-state index in [1.54, 1.807) is 0 Å². The number of hydrogen-bond donors (Lipinski definition) is 0. The summed E-state index contributed by atoms with van der Waals surface area (Å²) >= 11 is 0. The maximum absolute atomic E-state index is 5.05. The van der Waals surface area contributed by atoms with Gasteiger partial charge in [-0.2, -0.15) is 0 Å². The summed E-state index contributed by atoms with van der Waals surface area (Å²) < 4.78 is 0. The van der Waals surface area contributed by atoms with Gasteiger partial charge in [-0.25, -0.2) is 4.98 Å². The Bertz CT molecular complexity index is 1970. The fourth-order valence-corrected chi connectivity index (χ4v) is 5.16. The first kappa shape index (κ1) is 20.7. The van der Waals surface area contributed by atoms with E-state index >= 15 is 0 Å². The van der Waals surface area contributed by atoms with Crippen LogP contribution in [0.2, 0.25) is 0 Å². The van der Waals surface area contributed by atoms with Crippen molar-refractivity contribution in [3.63, 3.8) is 0 Å². The van der Waals surface area contributed by atoms with E-state index in [-0.39, 0.29) is 0 Å². The Hall–Kier alpha value is -4.70. The minimum Gasteiger partial charge on any atom is -0.255 e. The zero-order valence-electron chi connectivity index (χ0n) is 20.0. The molecule has 0 saturated carbocycles. The smallest absolute Gasteiger partial charge is 0.0974 e. The summed E-state index contributed by atoms with van der Waals surface area (Å²) in [5, 5.41) is 5.61. The van der Waals surface area contributed by atoms with Crippen molar-refractivity contribution in [2.24, 2.45) is 0 Å². The molecule has 3 aromatic carbocycles. The van der Waals surface area contributed by atoms with E-state index in [1.807, 2.05) is 32.2 Å². The molecule has 0 bridgehead atoms. The van der Waals surface area contributed by atoms with Crippen LogP contribution in [0.5, 0.6) is 0 Å². The molecule has 36 heavy (non-hydrogen) atoms. The molecule has 0 amide bonds. The zero-order valence-corrected chi connectivity index (χ0v) is 20.0. The second kappa shape index (κ2) is 7.92. The highest BCUT2D eigenvalue weighted by Gasteiger charge is 2.15. The zero-order chi connectivity index (χ0) is 24.2. The summed E-state index contributed by atoms with van der Waals surface area (Å²) in [6.07, 6.45) is 1.88. The number of aromatic nitrogens is 4. The lowest BCUT2D eigenvalue weighted by Gasteiger charge is -2.13. The molecule has 0 N–H and O–H groups in total. The average Bonchev–Trinajstić information content (AvgIpc) is 2.92. The number of nitrogens with zero attached hydrogens (tertiary/aromatic N) is 4. The summed E-state index contributed by atoms with van der Waals surface area (Å²) in [6.45, 7) is 4.06. The number of para-hydroxylation sites is 1. The molecule has 0 atom stereocenters. The molecule has 7 aromatic rings. The van der Waals surface area contributed by atoms with Gasteiger partial charge in [0.25, 0.3) is 0 Å². The largest absolute Gasteiger partial charge is 0.255 e. The van der Waals surface area contributed by atoms with E-state index in [0.717, 1.165) is 72.0 Å². The fraction of sp³-hybridized carbons (Fsp3) is 0.0625. The molecule has 0 aliphatic rings. The molecule has 170 valence electrons. The summed E-state index contributed by atoms with van der Waals surface area (Å²) in [7, 11) is 0. The number of rotatable bonds is 2. The Morgan fingerprint density at radius 2 is 1.31 bits per heavy atom. The number of hydrogen-bond acceptors (Lipinski definition) is 4. The predicted octanol–water partition coefficient (Wildman–Crippen LogP) is 7.83. The maximum atomic E-state index is 5.05. The second-order valence-corrected chi connectivity index (χ2v) is 9.25. The molecule has 0 spiro atoms. The normalized spacial score (nSPS) is 11.6. The van der Waals surface area contributed by atoms with Crippen LogP contribution in [0.3, 0.4) is 0 Å². The minimum absolute atomic E-state index is 0.854. The average molecular weight is 463 g/mol. The highest BCUT2D eigenvalue weighted by molar-refractivity contribution is 6.11. The summed E-state index contributed by atoms with van der Waals surface area (Å²) in [5.41, 5.74) is 8.74. The SMILES string of the molecule is Cc1ccc2ccc3c(-c4ccnc(-c5nc6ccccc6c6ccccc56)c4)cc(C)nc3c2n1. The van der Waals surface area contributed by atoms with Crippen LogP contribution >= 0.6 is 0 Å². The summed E-state index contributed by atoms with van der Waals surface area (Å²) in [4.78, 5) is 19.5. The van der Waals surface area contributed by atoms with Gasteiger partial charge < -0.3 is 0 Å².